The van der Waals surface area contributed by atoms with Gasteiger partial charge in [0.25, 0.3) is 11.5 Å². The molecule has 3 aromatic rings. The number of benzene rings is 2. The highest BCUT2D eigenvalue weighted by molar-refractivity contribution is 5.91. The highest BCUT2D eigenvalue weighted by Crippen LogP contribution is 2.29. The first kappa shape index (κ1) is 23.4. The molecule has 4 rings (SSSR count). The van der Waals surface area contributed by atoms with Crippen LogP contribution in [0.5, 0.6) is 0 Å². The van der Waals surface area contributed by atoms with Crippen LogP contribution in [0.4, 0.5) is 13.2 Å². The Morgan fingerprint density at radius 2 is 1.79 bits per heavy atom. The monoisotopic (exact) mass is 474 g/mol. The topological polar surface area (TPSA) is 95.2 Å². The first-order valence-corrected chi connectivity index (χ1v) is 10.6. The Hall–Kier alpha value is -3.73. The number of aromatic nitrogens is 3. The van der Waals surface area contributed by atoms with Crippen molar-refractivity contribution in [2.45, 2.75) is 31.7 Å². The van der Waals surface area contributed by atoms with Crippen LogP contribution in [0.25, 0.3) is 5.69 Å². The Balaban J connectivity index is 1.72. The Morgan fingerprint density at radius 3 is 2.41 bits per heavy atom. The van der Waals surface area contributed by atoms with E-state index in [2.05, 4.69) is 10.4 Å². The minimum absolute atomic E-state index is 0.168. The van der Waals surface area contributed by atoms with Crippen LogP contribution in [0.1, 0.15) is 34.5 Å². The summed E-state index contributed by atoms with van der Waals surface area (Å²) < 4.78 is 45.8. The van der Waals surface area contributed by atoms with E-state index < -0.39 is 34.6 Å². The van der Waals surface area contributed by atoms with Crippen molar-refractivity contribution in [3.63, 3.8) is 0 Å². The Morgan fingerprint density at radius 1 is 1.09 bits per heavy atom. The van der Waals surface area contributed by atoms with Crippen LogP contribution in [0.3, 0.4) is 0 Å². The number of rotatable bonds is 6. The average Bonchev–Trinajstić information content (AvgIpc) is 3.34. The fourth-order valence-electron chi connectivity index (χ4n) is 3.61. The number of hydrogen-bond acceptors (Lipinski definition) is 5. The molecule has 1 aliphatic heterocycles. The summed E-state index contributed by atoms with van der Waals surface area (Å²) in [5, 5.41) is 6.62. The van der Waals surface area contributed by atoms with Gasteiger partial charge >= 0.3 is 11.9 Å². The van der Waals surface area contributed by atoms with Crippen molar-refractivity contribution in [3.8, 4) is 5.69 Å². The maximum absolute atomic E-state index is 13.1. The van der Waals surface area contributed by atoms with E-state index in [9.17, 15) is 27.6 Å². The summed E-state index contributed by atoms with van der Waals surface area (Å²) in [4.78, 5) is 38.9. The van der Waals surface area contributed by atoms with Gasteiger partial charge in [-0.1, -0.05) is 30.3 Å². The predicted octanol–water partition coefficient (Wildman–Crippen LogP) is 2.37. The zero-order chi connectivity index (χ0) is 24.3. The molecule has 178 valence electrons. The van der Waals surface area contributed by atoms with Gasteiger partial charge in [0.1, 0.15) is 0 Å². The largest absolute Gasteiger partial charge is 0.416 e. The number of nitrogens with zero attached hydrogens (tertiary/aromatic N) is 3. The smallest absolute Gasteiger partial charge is 0.376 e. The van der Waals surface area contributed by atoms with Crippen molar-refractivity contribution >= 4 is 5.91 Å². The van der Waals surface area contributed by atoms with E-state index in [0.717, 1.165) is 34.2 Å². The van der Waals surface area contributed by atoms with E-state index in [1.165, 1.54) is 12.1 Å². The lowest BCUT2D eigenvalue weighted by Gasteiger charge is -2.14. The second-order valence-corrected chi connectivity index (χ2v) is 7.81. The molecule has 34 heavy (non-hydrogen) atoms. The molecule has 1 amide bonds. The molecule has 0 bridgehead atoms. The van der Waals surface area contributed by atoms with Gasteiger partial charge in [-0.3, -0.25) is 14.2 Å². The molecule has 2 aromatic carbocycles. The minimum atomic E-state index is -4.51. The van der Waals surface area contributed by atoms with Crippen molar-refractivity contribution in [1.29, 1.82) is 0 Å². The van der Waals surface area contributed by atoms with Gasteiger partial charge in [-0.25, -0.2) is 4.79 Å². The molecule has 0 unspecified atom stereocenters. The third-order valence-corrected chi connectivity index (χ3v) is 5.41. The standard InChI is InChI=1S/C23H21F3N4O4/c24-23(25,26)16-10-8-15(9-11-16)14-29-21(32)19(20(31)27-13-18-7-4-12-34-18)28-30(22(29)33)17-5-2-1-3-6-17/h1-3,5-6,8-11,18H,4,7,12-14H2,(H,27,31)/t18-/m1/s1. The molecule has 1 N–H and O–H groups in total. The summed E-state index contributed by atoms with van der Waals surface area (Å²) in [5.41, 5.74) is -2.53. The quantitative estimate of drug-likeness (QED) is 0.592. The highest BCUT2D eigenvalue weighted by atomic mass is 19.4. The molecule has 0 radical (unpaired) electrons. The normalized spacial score (nSPS) is 15.9. The lowest BCUT2D eigenvalue weighted by Crippen LogP contribution is -2.46. The van der Waals surface area contributed by atoms with Crippen molar-refractivity contribution in [1.82, 2.24) is 19.7 Å². The van der Waals surface area contributed by atoms with Crippen LogP contribution in [-0.2, 0) is 17.5 Å². The maximum atomic E-state index is 13.1. The third-order valence-electron chi connectivity index (χ3n) is 5.41. The lowest BCUT2D eigenvalue weighted by atomic mass is 10.1. The molecule has 0 aliphatic carbocycles. The molecule has 1 atom stereocenters. The van der Waals surface area contributed by atoms with Crippen LogP contribution in [0.15, 0.2) is 64.2 Å². The van der Waals surface area contributed by atoms with Crippen molar-refractivity contribution in [2.75, 3.05) is 13.2 Å². The van der Waals surface area contributed by atoms with Crippen LogP contribution in [0.2, 0.25) is 0 Å². The van der Waals surface area contributed by atoms with E-state index in [1.807, 2.05) is 0 Å². The molecular weight excluding hydrogens is 453 g/mol. The summed E-state index contributed by atoms with van der Waals surface area (Å²) in [6.45, 7) is 0.443. The van der Waals surface area contributed by atoms with E-state index in [1.54, 1.807) is 30.3 Å². The van der Waals surface area contributed by atoms with Gasteiger partial charge in [-0.05, 0) is 42.7 Å². The van der Waals surface area contributed by atoms with Crippen LogP contribution < -0.4 is 16.6 Å². The van der Waals surface area contributed by atoms with Crippen LogP contribution in [-0.4, -0.2) is 39.5 Å². The number of carbonyl (C=O) groups excluding carboxylic acids is 1. The van der Waals surface area contributed by atoms with Gasteiger partial charge in [0.15, 0.2) is 0 Å². The molecular formula is C23H21F3N4O4. The number of hydrogen-bond donors (Lipinski definition) is 1. The van der Waals surface area contributed by atoms with Crippen molar-refractivity contribution in [2.24, 2.45) is 0 Å². The van der Waals surface area contributed by atoms with Gasteiger partial charge in [-0.15, -0.1) is 0 Å². The molecule has 8 nitrogen and oxygen atoms in total. The summed E-state index contributed by atoms with van der Waals surface area (Å²) >= 11 is 0. The summed E-state index contributed by atoms with van der Waals surface area (Å²) in [6, 6.07) is 12.3. The Labute approximate surface area is 191 Å². The number of amides is 1. The number of halogens is 3. The van der Waals surface area contributed by atoms with Crippen molar-refractivity contribution < 1.29 is 22.7 Å². The molecule has 1 aromatic heterocycles. The van der Waals surface area contributed by atoms with Gasteiger partial charge in [0.05, 0.1) is 23.9 Å². The molecule has 0 spiro atoms. The first-order chi connectivity index (χ1) is 16.2. The number of alkyl halides is 3. The number of ether oxygens (including phenoxy) is 1. The van der Waals surface area contributed by atoms with E-state index in [-0.39, 0.29) is 24.8 Å². The summed E-state index contributed by atoms with van der Waals surface area (Å²) in [6.07, 6.45) is -3.04. The molecule has 0 saturated carbocycles. The van der Waals surface area contributed by atoms with Crippen LogP contribution in [0, 0.1) is 0 Å². The van der Waals surface area contributed by atoms with E-state index >= 15 is 0 Å². The number of nitrogens with one attached hydrogen (secondary N) is 1. The average molecular weight is 474 g/mol. The molecule has 1 aliphatic rings. The zero-order valence-electron chi connectivity index (χ0n) is 17.9. The van der Waals surface area contributed by atoms with E-state index in [0.29, 0.717) is 12.3 Å². The fourth-order valence-corrected chi connectivity index (χ4v) is 3.61. The summed E-state index contributed by atoms with van der Waals surface area (Å²) in [5.74, 6) is -0.772. The highest BCUT2D eigenvalue weighted by Gasteiger charge is 2.30. The second kappa shape index (κ2) is 9.64. The van der Waals surface area contributed by atoms with Gasteiger partial charge in [-0.2, -0.15) is 23.0 Å². The fraction of sp³-hybridized carbons (Fsp3) is 0.304. The first-order valence-electron chi connectivity index (χ1n) is 10.6. The van der Waals surface area contributed by atoms with Crippen molar-refractivity contribution in [3.05, 3.63) is 92.3 Å². The van der Waals surface area contributed by atoms with E-state index in [4.69, 9.17) is 4.74 Å². The summed E-state index contributed by atoms with van der Waals surface area (Å²) in [7, 11) is 0. The Bertz CT molecular complexity index is 1280. The number of carbonyl (C=O) groups is 1. The molecule has 2 heterocycles. The maximum Gasteiger partial charge on any atom is 0.416 e. The number of para-hydroxylation sites is 1. The zero-order valence-corrected chi connectivity index (χ0v) is 17.9. The Kier molecular flexibility index (Phi) is 6.64. The molecule has 1 saturated heterocycles. The molecule has 1 fully saturated rings. The minimum Gasteiger partial charge on any atom is -0.376 e. The van der Waals surface area contributed by atoms with Gasteiger partial charge in [0, 0.05) is 13.2 Å². The van der Waals surface area contributed by atoms with Crippen LogP contribution >= 0.6 is 0 Å². The lowest BCUT2D eigenvalue weighted by molar-refractivity contribution is -0.137. The second-order valence-electron chi connectivity index (χ2n) is 7.81. The SMILES string of the molecule is O=C(NC[C@H]1CCCO1)c1nn(-c2ccccc2)c(=O)n(Cc2ccc(C(F)(F)F)cc2)c1=O. The molecule has 11 heteroatoms. The third kappa shape index (κ3) is 5.09. The van der Waals surface area contributed by atoms with Gasteiger partial charge in [0.2, 0.25) is 5.69 Å². The van der Waals surface area contributed by atoms with Gasteiger partial charge < -0.3 is 10.1 Å². The predicted molar refractivity (Wildman–Crippen MR) is 116 cm³/mol.